The summed E-state index contributed by atoms with van der Waals surface area (Å²) < 4.78 is 7.97. The largest absolute Gasteiger partial charge is 0.488 e. The predicted octanol–water partition coefficient (Wildman–Crippen LogP) is 6.18. The van der Waals surface area contributed by atoms with Crippen molar-refractivity contribution in [3.63, 3.8) is 0 Å². The average Bonchev–Trinajstić information content (AvgIpc) is 3.11. The van der Waals surface area contributed by atoms with Crippen LogP contribution < -0.4 is 4.74 Å². The lowest BCUT2D eigenvalue weighted by Gasteiger charge is -2.09. The van der Waals surface area contributed by atoms with E-state index in [-0.39, 0.29) is 0 Å². The maximum atomic E-state index is 8.85. The number of aromatic nitrogens is 1. The fourth-order valence-corrected chi connectivity index (χ4v) is 4.04. The van der Waals surface area contributed by atoms with Gasteiger partial charge >= 0.3 is 0 Å². The standard InChI is InChI=1S/C21H13BrN2OS/c22-17-11-16(21-24-18-3-1-2-4-20(18)26-21)9-10-19(17)25-13-15-7-5-14(12-23)6-8-15/h1-11H,13H2. The summed E-state index contributed by atoms with van der Waals surface area (Å²) in [7, 11) is 0. The lowest BCUT2D eigenvalue weighted by molar-refractivity contribution is 0.304. The summed E-state index contributed by atoms with van der Waals surface area (Å²) in [6.07, 6.45) is 0. The van der Waals surface area contributed by atoms with E-state index in [2.05, 4.69) is 28.1 Å². The highest BCUT2D eigenvalue weighted by molar-refractivity contribution is 9.10. The fourth-order valence-electron chi connectivity index (χ4n) is 2.58. The van der Waals surface area contributed by atoms with Crippen LogP contribution in [0.1, 0.15) is 11.1 Å². The normalized spacial score (nSPS) is 10.6. The van der Waals surface area contributed by atoms with Crippen molar-refractivity contribution in [1.29, 1.82) is 5.26 Å². The summed E-state index contributed by atoms with van der Waals surface area (Å²) in [5.74, 6) is 0.777. The van der Waals surface area contributed by atoms with Crippen molar-refractivity contribution in [3.8, 4) is 22.4 Å². The van der Waals surface area contributed by atoms with Crippen LogP contribution in [-0.2, 0) is 6.61 Å². The number of nitriles is 1. The van der Waals surface area contributed by atoms with Crippen molar-refractivity contribution >= 4 is 37.5 Å². The number of hydrogen-bond acceptors (Lipinski definition) is 4. The second kappa shape index (κ2) is 7.28. The highest BCUT2D eigenvalue weighted by Crippen LogP contribution is 2.35. The molecule has 5 heteroatoms. The van der Waals surface area contributed by atoms with E-state index in [1.807, 2.05) is 48.5 Å². The Bertz CT molecular complexity index is 1080. The van der Waals surface area contributed by atoms with Gasteiger partial charge < -0.3 is 4.74 Å². The van der Waals surface area contributed by atoms with Crippen molar-refractivity contribution in [2.75, 3.05) is 0 Å². The summed E-state index contributed by atoms with van der Waals surface area (Å²) in [6, 6.07) is 23.7. The van der Waals surface area contributed by atoms with Crippen molar-refractivity contribution in [2.45, 2.75) is 6.61 Å². The van der Waals surface area contributed by atoms with Crippen LogP contribution in [0.4, 0.5) is 0 Å². The minimum atomic E-state index is 0.449. The highest BCUT2D eigenvalue weighted by atomic mass is 79.9. The molecule has 4 aromatic rings. The van der Waals surface area contributed by atoms with Gasteiger partial charge in [-0.1, -0.05) is 24.3 Å². The Kier molecular flexibility index (Phi) is 4.70. The molecule has 0 aliphatic heterocycles. The van der Waals surface area contributed by atoms with Gasteiger partial charge in [0, 0.05) is 5.56 Å². The van der Waals surface area contributed by atoms with Crippen LogP contribution in [0.2, 0.25) is 0 Å². The molecule has 0 aliphatic rings. The zero-order valence-electron chi connectivity index (χ0n) is 13.6. The molecule has 0 saturated heterocycles. The topological polar surface area (TPSA) is 45.9 Å². The molecule has 0 N–H and O–H groups in total. The quantitative estimate of drug-likeness (QED) is 0.396. The van der Waals surface area contributed by atoms with Crippen LogP contribution in [-0.4, -0.2) is 4.98 Å². The van der Waals surface area contributed by atoms with Gasteiger partial charge in [-0.3, -0.25) is 0 Å². The van der Waals surface area contributed by atoms with Crippen molar-refractivity contribution in [2.24, 2.45) is 0 Å². The lowest BCUT2D eigenvalue weighted by Crippen LogP contribution is -1.96. The molecule has 0 atom stereocenters. The summed E-state index contributed by atoms with van der Waals surface area (Å²) in [4.78, 5) is 4.69. The maximum Gasteiger partial charge on any atom is 0.134 e. The first kappa shape index (κ1) is 16.8. The van der Waals surface area contributed by atoms with Gasteiger partial charge in [-0.15, -0.1) is 11.3 Å². The second-order valence-corrected chi connectivity index (χ2v) is 7.61. The zero-order chi connectivity index (χ0) is 17.9. The number of para-hydroxylation sites is 1. The molecule has 0 bridgehead atoms. The fraction of sp³-hybridized carbons (Fsp3) is 0.0476. The molecule has 4 rings (SSSR count). The SMILES string of the molecule is N#Cc1ccc(COc2ccc(-c3nc4ccccc4s3)cc2Br)cc1. The van der Waals surface area contributed by atoms with Gasteiger partial charge in [-0.05, 0) is 64.0 Å². The van der Waals surface area contributed by atoms with Crippen LogP contribution in [0.5, 0.6) is 5.75 Å². The van der Waals surface area contributed by atoms with Gasteiger partial charge in [0.05, 0.1) is 26.3 Å². The molecule has 3 aromatic carbocycles. The van der Waals surface area contributed by atoms with E-state index in [1.54, 1.807) is 23.5 Å². The second-order valence-electron chi connectivity index (χ2n) is 5.73. The van der Waals surface area contributed by atoms with Gasteiger partial charge in [0.15, 0.2) is 0 Å². The molecule has 126 valence electrons. The third-order valence-corrected chi connectivity index (χ3v) is 5.66. The smallest absolute Gasteiger partial charge is 0.134 e. The first-order chi connectivity index (χ1) is 12.7. The van der Waals surface area contributed by atoms with E-state index in [0.717, 1.165) is 31.9 Å². The molecule has 0 saturated carbocycles. The Morgan fingerprint density at radius 2 is 1.85 bits per heavy atom. The first-order valence-electron chi connectivity index (χ1n) is 8.00. The Hall–Kier alpha value is -2.68. The summed E-state index contributed by atoms with van der Waals surface area (Å²) >= 11 is 5.27. The number of nitrogens with zero attached hydrogens (tertiary/aromatic N) is 2. The van der Waals surface area contributed by atoms with Gasteiger partial charge in [0.25, 0.3) is 0 Å². The Labute approximate surface area is 163 Å². The summed E-state index contributed by atoms with van der Waals surface area (Å²) in [6.45, 7) is 0.449. The number of thiazole rings is 1. The molecule has 0 aliphatic carbocycles. The van der Waals surface area contributed by atoms with Crippen LogP contribution in [0, 0.1) is 11.3 Å². The van der Waals surface area contributed by atoms with Crippen LogP contribution in [0.25, 0.3) is 20.8 Å². The molecule has 3 nitrogen and oxygen atoms in total. The Balaban J connectivity index is 1.52. The number of hydrogen-bond donors (Lipinski definition) is 0. The monoisotopic (exact) mass is 420 g/mol. The summed E-state index contributed by atoms with van der Waals surface area (Å²) in [5.41, 5.74) is 3.75. The van der Waals surface area contributed by atoms with E-state index in [9.17, 15) is 0 Å². The third kappa shape index (κ3) is 3.48. The first-order valence-corrected chi connectivity index (χ1v) is 9.61. The molecule has 1 aromatic heterocycles. The molecule has 26 heavy (non-hydrogen) atoms. The van der Waals surface area contributed by atoms with Crippen LogP contribution in [0.3, 0.4) is 0 Å². The molecular formula is C21H13BrN2OS. The molecule has 0 amide bonds. The van der Waals surface area contributed by atoms with E-state index < -0.39 is 0 Å². The lowest BCUT2D eigenvalue weighted by atomic mass is 10.1. The number of fused-ring (bicyclic) bond motifs is 1. The number of rotatable bonds is 4. The van der Waals surface area contributed by atoms with Gasteiger partial charge in [0.1, 0.15) is 17.4 Å². The average molecular weight is 421 g/mol. The van der Waals surface area contributed by atoms with Crippen molar-refractivity contribution in [3.05, 3.63) is 82.3 Å². The summed E-state index contributed by atoms with van der Waals surface area (Å²) in [5, 5.41) is 9.84. The maximum absolute atomic E-state index is 8.85. The highest BCUT2D eigenvalue weighted by Gasteiger charge is 2.09. The minimum absolute atomic E-state index is 0.449. The third-order valence-electron chi connectivity index (χ3n) is 3.95. The van der Waals surface area contributed by atoms with Crippen molar-refractivity contribution in [1.82, 2.24) is 4.98 Å². The Morgan fingerprint density at radius 1 is 1.04 bits per heavy atom. The van der Waals surface area contributed by atoms with Crippen molar-refractivity contribution < 1.29 is 4.74 Å². The molecular weight excluding hydrogens is 408 g/mol. The zero-order valence-corrected chi connectivity index (χ0v) is 16.0. The molecule has 0 unspecified atom stereocenters. The number of ether oxygens (including phenoxy) is 1. The van der Waals surface area contributed by atoms with Crippen LogP contribution >= 0.6 is 27.3 Å². The van der Waals surface area contributed by atoms with Gasteiger partial charge in [-0.2, -0.15) is 5.26 Å². The van der Waals surface area contributed by atoms with E-state index in [4.69, 9.17) is 15.0 Å². The number of halogens is 1. The molecule has 0 radical (unpaired) electrons. The predicted molar refractivity (Wildman–Crippen MR) is 108 cm³/mol. The number of benzene rings is 3. The minimum Gasteiger partial charge on any atom is -0.488 e. The molecule has 0 spiro atoms. The van der Waals surface area contributed by atoms with Gasteiger partial charge in [0.2, 0.25) is 0 Å². The molecule has 0 fully saturated rings. The van der Waals surface area contributed by atoms with E-state index >= 15 is 0 Å². The van der Waals surface area contributed by atoms with Crippen LogP contribution in [0.15, 0.2) is 71.2 Å². The van der Waals surface area contributed by atoms with Gasteiger partial charge in [-0.25, -0.2) is 4.98 Å². The van der Waals surface area contributed by atoms with E-state index in [1.165, 1.54) is 4.70 Å². The Morgan fingerprint density at radius 3 is 2.58 bits per heavy atom. The molecule has 1 heterocycles. The van der Waals surface area contributed by atoms with E-state index in [0.29, 0.717) is 12.2 Å².